The summed E-state index contributed by atoms with van der Waals surface area (Å²) < 4.78 is 13.1. The number of imidazole rings is 1. The number of nitrogens with zero attached hydrogens (tertiary/aromatic N) is 2. The Kier molecular flexibility index (Phi) is 3.92. The lowest BCUT2D eigenvalue weighted by Gasteiger charge is -2.19. The largest absolute Gasteiger partial charge is 0.497 e. The minimum Gasteiger partial charge on any atom is -0.497 e. The summed E-state index contributed by atoms with van der Waals surface area (Å²) in [6.07, 6.45) is 5.40. The standard InChI is InChI=1S/C20H20N2O3/c1-13-18(9-8-16-11-21-12-22(13)16)20(23)25-19(14-6-7-14)15-4-3-5-17(10-15)24-2/h3-5,8-12,14,19H,6-7H2,1-2H3. The van der Waals surface area contributed by atoms with E-state index in [1.54, 1.807) is 19.6 Å². The average Bonchev–Trinajstić information content (AvgIpc) is 3.36. The van der Waals surface area contributed by atoms with Crippen molar-refractivity contribution in [2.24, 2.45) is 5.92 Å². The average molecular weight is 336 g/mol. The Bertz CT molecular complexity index is 928. The number of aryl methyl sites for hydroxylation is 1. The van der Waals surface area contributed by atoms with Gasteiger partial charge in [-0.2, -0.15) is 0 Å². The number of pyridine rings is 1. The number of benzene rings is 1. The van der Waals surface area contributed by atoms with E-state index in [-0.39, 0.29) is 12.1 Å². The van der Waals surface area contributed by atoms with Crippen molar-refractivity contribution in [1.82, 2.24) is 9.38 Å². The van der Waals surface area contributed by atoms with E-state index in [9.17, 15) is 4.79 Å². The summed E-state index contributed by atoms with van der Waals surface area (Å²) in [6.45, 7) is 1.91. The summed E-state index contributed by atoms with van der Waals surface area (Å²) in [5, 5.41) is 0. The number of carbonyl (C=O) groups excluding carboxylic acids is 1. The molecule has 1 aromatic carbocycles. The van der Waals surface area contributed by atoms with E-state index < -0.39 is 0 Å². The van der Waals surface area contributed by atoms with Gasteiger partial charge in [-0.05, 0) is 49.6 Å². The smallest absolute Gasteiger partial charge is 0.340 e. The van der Waals surface area contributed by atoms with Crippen molar-refractivity contribution in [3.05, 3.63) is 65.7 Å². The molecule has 0 saturated heterocycles. The molecule has 0 aliphatic heterocycles. The molecule has 5 heteroatoms. The number of methoxy groups -OCH3 is 1. The summed E-state index contributed by atoms with van der Waals surface area (Å²) in [5.74, 6) is 0.858. The van der Waals surface area contributed by atoms with E-state index in [1.807, 2.05) is 47.7 Å². The maximum absolute atomic E-state index is 12.8. The predicted molar refractivity (Wildman–Crippen MR) is 93.8 cm³/mol. The van der Waals surface area contributed by atoms with Crippen LogP contribution in [0.1, 0.15) is 40.6 Å². The second-order valence-corrected chi connectivity index (χ2v) is 6.46. The zero-order valence-corrected chi connectivity index (χ0v) is 14.3. The van der Waals surface area contributed by atoms with Crippen LogP contribution >= 0.6 is 0 Å². The highest BCUT2D eigenvalue weighted by Gasteiger charge is 2.36. The van der Waals surface area contributed by atoms with E-state index in [4.69, 9.17) is 9.47 Å². The van der Waals surface area contributed by atoms with Gasteiger partial charge in [0.15, 0.2) is 0 Å². The maximum atomic E-state index is 12.8. The van der Waals surface area contributed by atoms with E-state index in [2.05, 4.69) is 4.98 Å². The van der Waals surface area contributed by atoms with Crippen LogP contribution in [-0.2, 0) is 4.74 Å². The van der Waals surface area contributed by atoms with Gasteiger partial charge in [-0.3, -0.25) is 0 Å². The van der Waals surface area contributed by atoms with Crippen LogP contribution in [0.5, 0.6) is 5.75 Å². The monoisotopic (exact) mass is 336 g/mol. The third-order valence-corrected chi connectivity index (χ3v) is 4.77. The summed E-state index contributed by atoms with van der Waals surface area (Å²) in [5.41, 5.74) is 3.34. The number of carbonyl (C=O) groups is 1. The Morgan fingerprint density at radius 1 is 1.28 bits per heavy atom. The fourth-order valence-electron chi connectivity index (χ4n) is 3.18. The molecule has 0 N–H and O–H groups in total. The Hall–Kier alpha value is -2.82. The van der Waals surface area contributed by atoms with Gasteiger partial charge in [0.1, 0.15) is 11.9 Å². The summed E-state index contributed by atoms with van der Waals surface area (Å²) in [7, 11) is 1.64. The van der Waals surface area contributed by atoms with Crippen LogP contribution in [-0.4, -0.2) is 22.5 Å². The molecule has 0 spiro atoms. The summed E-state index contributed by atoms with van der Waals surface area (Å²) in [6, 6.07) is 11.5. The van der Waals surface area contributed by atoms with Gasteiger partial charge in [0, 0.05) is 11.6 Å². The number of esters is 1. The van der Waals surface area contributed by atoms with Crippen LogP contribution in [0.4, 0.5) is 0 Å². The fourth-order valence-corrected chi connectivity index (χ4v) is 3.18. The third kappa shape index (κ3) is 2.97. The molecule has 0 amide bonds. The van der Waals surface area contributed by atoms with E-state index in [1.165, 1.54) is 0 Å². The van der Waals surface area contributed by atoms with Gasteiger partial charge in [-0.25, -0.2) is 9.78 Å². The zero-order valence-electron chi connectivity index (χ0n) is 14.3. The Balaban J connectivity index is 1.63. The molecule has 1 unspecified atom stereocenters. The topological polar surface area (TPSA) is 52.8 Å². The third-order valence-electron chi connectivity index (χ3n) is 4.77. The van der Waals surface area contributed by atoms with Crippen LogP contribution in [0.25, 0.3) is 5.52 Å². The summed E-state index contributed by atoms with van der Waals surface area (Å²) in [4.78, 5) is 16.9. The molecule has 4 rings (SSSR count). The molecule has 3 aromatic rings. The highest BCUT2D eigenvalue weighted by atomic mass is 16.5. The Morgan fingerprint density at radius 3 is 2.88 bits per heavy atom. The maximum Gasteiger partial charge on any atom is 0.340 e. The number of hydrogen-bond donors (Lipinski definition) is 0. The molecule has 5 nitrogen and oxygen atoms in total. The molecule has 2 heterocycles. The van der Waals surface area contributed by atoms with Crippen molar-refractivity contribution in [2.75, 3.05) is 7.11 Å². The molecule has 25 heavy (non-hydrogen) atoms. The Morgan fingerprint density at radius 2 is 2.12 bits per heavy atom. The first-order chi connectivity index (χ1) is 12.2. The van der Waals surface area contributed by atoms with E-state index >= 15 is 0 Å². The Labute approximate surface area is 146 Å². The van der Waals surface area contributed by atoms with E-state index in [0.29, 0.717) is 11.5 Å². The molecule has 1 saturated carbocycles. The highest BCUT2D eigenvalue weighted by Crippen LogP contribution is 2.44. The van der Waals surface area contributed by atoms with Gasteiger partial charge < -0.3 is 13.9 Å². The van der Waals surface area contributed by atoms with Crippen molar-refractivity contribution in [2.45, 2.75) is 25.9 Å². The number of hydrogen-bond acceptors (Lipinski definition) is 4. The molecule has 2 aromatic heterocycles. The summed E-state index contributed by atoms with van der Waals surface area (Å²) >= 11 is 0. The fraction of sp³-hybridized carbons (Fsp3) is 0.300. The van der Waals surface area contributed by atoms with Gasteiger partial charge in [0.2, 0.25) is 0 Å². The number of ether oxygens (including phenoxy) is 2. The van der Waals surface area contributed by atoms with E-state index in [0.717, 1.165) is 35.4 Å². The number of rotatable bonds is 5. The van der Waals surface area contributed by atoms with Crippen LogP contribution in [0.2, 0.25) is 0 Å². The first kappa shape index (κ1) is 15.7. The predicted octanol–water partition coefficient (Wildman–Crippen LogP) is 3.96. The molecular formula is C20H20N2O3. The van der Waals surface area contributed by atoms with Crippen molar-refractivity contribution in [3.8, 4) is 5.75 Å². The van der Waals surface area contributed by atoms with Crippen LogP contribution in [0.15, 0.2) is 48.9 Å². The SMILES string of the molecule is COc1cccc(C(OC(=O)c2ccc3cncn3c2C)C2CC2)c1. The molecule has 128 valence electrons. The van der Waals surface area contributed by atoms with Crippen molar-refractivity contribution >= 4 is 11.5 Å². The highest BCUT2D eigenvalue weighted by molar-refractivity contribution is 5.91. The van der Waals surface area contributed by atoms with Gasteiger partial charge in [0.25, 0.3) is 0 Å². The van der Waals surface area contributed by atoms with Gasteiger partial charge in [-0.15, -0.1) is 0 Å². The van der Waals surface area contributed by atoms with Crippen molar-refractivity contribution in [1.29, 1.82) is 0 Å². The molecule has 1 aliphatic carbocycles. The number of fused-ring (bicyclic) bond motifs is 1. The minimum atomic E-state index is -0.298. The molecule has 0 radical (unpaired) electrons. The second kappa shape index (κ2) is 6.24. The minimum absolute atomic E-state index is 0.236. The lowest BCUT2D eigenvalue weighted by molar-refractivity contribution is 0.0239. The quantitative estimate of drug-likeness (QED) is 0.662. The van der Waals surface area contributed by atoms with Gasteiger partial charge in [0.05, 0.1) is 30.7 Å². The van der Waals surface area contributed by atoms with Crippen LogP contribution < -0.4 is 4.74 Å². The normalized spacial score (nSPS) is 15.1. The molecule has 1 aliphatic rings. The van der Waals surface area contributed by atoms with Gasteiger partial charge >= 0.3 is 5.97 Å². The first-order valence-corrected chi connectivity index (χ1v) is 8.44. The molecule has 1 atom stereocenters. The van der Waals surface area contributed by atoms with Gasteiger partial charge in [-0.1, -0.05) is 12.1 Å². The number of aromatic nitrogens is 2. The second-order valence-electron chi connectivity index (χ2n) is 6.46. The van der Waals surface area contributed by atoms with Crippen LogP contribution in [0.3, 0.4) is 0 Å². The zero-order chi connectivity index (χ0) is 17.4. The molecule has 1 fully saturated rings. The lowest BCUT2D eigenvalue weighted by Crippen LogP contribution is -2.15. The molecule has 0 bridgehead atoms. The van der Waals surface area contributed by atoms with Crippen molar-refractivity contribution < 1.29 is 14.3 Å². The first-order valence-electron chi connectivity index (χ1n) is 8.44. The lowest BCUT2D eigenvalue weighted by atomic mass is 10.0. The van der Waals surface area contributed by atoms with Crippen molar-refractivity contribution in [3.63, 3.8) is 0 Å². The van der Waals surface area contributed by atoms with Crippen LogP contribution in [0, 0.1) is 12.8 Å². The molecular weight excluding hydrogens is 316 g/mol.